The number of rotatable bonds is 5. The van der Waals surface area contributed by atoms with Crippen molar-refractivity contribution >= 4 is 11.9 Å². The summed E-state index contributed by atoms with van der Waals surface area (Å²) in [6.07, 6.45) is 2.73. The van der Waals surface area contributed by atoms with Crippen LogP contribution >= 0.6 is 0 Å². The first-order chi connectivity index (χ1) is 10.6. The van der Waals surface area contributed by atoms with E-state index in [-0.39, 0.29) is 12.2 Å². The van der Waals surface area contributed by atoms with Crippen LogP contribution in [0.4, 0.5) is 8.78 Å². The fourth-order valence-electron chi connectivity index (χ4n) is 1.77. The van der Waals surface area contributed by atoms with Crippen molar-refractivity contribution < 1.29 is 18.3 Å². The molecule has 0 amide bonds. The zero-order valence-corrected chi connectivity index (χ0v) is 11.4. The number of hydrogen-bond acceptors (Lipinski definition) is 3. The van der Waals surface area contributed by atoms with Crippen molar-refractivity contribution in [2.45, 2.75) is 0 Å². The van der Waals surface area contributed by atoms with Gasteiger partial charge in [-0.3, -0.25) is 4.79 Å². The Hall–Kier alpha value is -3.00. The van der Waals surface area contributed by atoms with Gasteiger partial charge in [0.25, 0.3) is 0 Å². The minimum atomic E-state index is -1.07. The molecule has 0 aliphatic carbocycles. The molecular weight excluding hydrogens is 288 g/mol. The smallest absolute Gasteiger partial charge is 0.185 e. The van der Waals surface area contributed by atoms with Gasteiger partial charge in [0.05, 0.1) is 0 Å². The van der Waals surface area contributed by atoms with Gasteiger partial charge in [0.1, 0.15) is 11.8 Å². The molecule has 0 bridgehead atoms. The van der Waals surface area contributed by atoms with Crippen molar-refractivity contribution in [2.75, 3.05) is 6.61 Å². The van der Waals surface area contributed by atoms with Gasteiger partial charge in [0.2, 0.25) is 0 Å². The maximum absolute atomic E-state index is 13.1. The summed E-state index contributed by atoms with van der Waals surface area (Å²) < 4.78 is 31.2. The fraction of sp³-hybridized carbons (Fsp3) is 0.0588. The van der Waals surface area contributed by atoms with E-state index in [0.717, 1.165) is 12.1 Å². The molecule has 0 N–H and O–H groups in total. The number of ketones is 1. The molecule has 110 valence electrons. The Balaban J connectivity index is 2.19. The number of nitrogens with zero attached hydrogens (tertiary/aromatic N) is 1. The molecule has 0 aromatic heterocycles. The molecular formula is C17H11F2NO2. The zero-order chi connectivity index (χ0) is 15.9. The van der Waals surface area contributed by atoms with Gasteiger partial charge in [-0.15, -0.1) is 0 Å². The van der Waals surface area contributed by atoms with Gasteiger partial charge in [0, 0.05) is 11.1 Å². The molecule has 2 rings (SSSR count). The first-order valence-electron chi connectivity index (χ1n) is 6.38. The third kappa shape index (κ3) is 3.76. The van der Waals surface area contributed by atoms with E-state index in [2.05, 4.69) is 0 Å². The van der Waals surface area contributed by atoms with E-state index in [1.807, 2.05) is 6.07 Å². The van der Waals surface area contributed by atoms with Crippen LogP contribution in [0, 0.1) is 23.0 Å². The second kappa shape index (κ2) is 7.14. The number of hydrogen-bond donors (Lipinski definition) is 0. The van der Waals surface area contributed by atoms with Crippen LogP contribution in [0.5, 0.6) is 5.75 Å². The maximum atomic E-state index is 13.1. The van der Waals surface area contributed by atoms with Crippen molar-refractivity contribution in [1.29, 1.82) is 5.26 Å². The molecule has 0 heterocycles. The molecule has 2 aromatic rings. The quantitative estimate of drug-likeness (QED) is 0.624. The van der Waals surface area contributed by atoms with E-state index < -0.39 is 17.4 Å². The Labute approximate surface area is 126 Å². The summed E-state index contributed by atoms with van der Waals surface area (Å²) >= 11 is 0. The van der Waals surface area contributed by atoms with Crippen LogP contribution in [0.2, 0.25) is 0 Å². The van der Waals surface area contributed by atoms with E-state index in [4.69, 9.17) is 10.00 Å². The van der Waals surface area contributed by atoms with Gasteiger partial charge in [-0.05, 0) is 36.4 Å². The Morgan fingerprint density at radius 1 is 1.18 bits per heavy atom. The zero-order valence-electron chi connectivity index (χ0n) is 11.4. The molecule has 0 aliphatic rings. The highest BCUT2D eigenvalue weighted by molar-refractivity contribution is 6.06. The number of nitriles is 1. The third-order valence-corrected chi connectivity index (χ3v) is 2.83. The van der Waals surface area contributed by atoms with E-state index in [0.29, 0.717) is 11.3 Å². The molecule has 0 saturated carbocycles. The predicted octanol–water partition coefficient (Wildman–Crippen LogP) is 3.76. The number of carbonyl (C=O) groups excluding carboxylic acids is 1. The van der Waals surface area contributed by atoms with E-state index in [1.165, 1.54) is 18.2 Å². The standard InChI is InChI=1S/C17H11F2NO2/c18-14-7-5-13(11-15(14)19)16(21)8-6-12-3-1-2-4-17(12)22-10-9-20/h1-8,11H,10H2/b8-6+. The highest BCUT2D eigenvalue weighted by Gasteiger charge is 2.07. The Kier molecular flexibility index (Phi) is 4.99. The number of ether oxygens (including phenoxy) is 1. The van der Waals surface area contributed by atoms with E-state index in [9.17, 15) is 13.6 Å². The second-order valence-electron chi connectivity index (χ2n) is 4.31. The molecule has 0 fully saturated rings. The summed E-state index contributed by atoms with van der Waals surface area (Å²) in [5, 5.41) is 8.52. The molecule has 0 saturated heterocycles. The summed E-state index contributed by atoms with van der Waals surface area (Å²) in [4.78, 5) is 11.9. The van der Waals surface area contributed by atoms with Crippen molar-refractivity contribution in [2.24, 2.45) is 0 Å². The van der Waals surface area contributed by atoms with Crippen LogP contribution in [0.25, 0.3) is 6.08 Å². The minimum absolute atomic E-state index is 0.0468. The second-order valence-corrected chi connectivity index (χ2v) is 4.31. The monoisotopic (exact) mass is 299 g/mol. The first kappa shape index (κ1) is 15.4. The van der Waals surface area contributed by atoms with Gasteiger partial charge in [-0.2, -0.15) is 5.26 Å². The average molecular weight is 299 g/mol. The lowest BCUT2D eigenvalue weighted by Crippen LogP contribution is -1.98. The van der Waals surface area contributed by atoms with Gasteiger partial charge < -0.3 is 4.74 Å². The van der Waals surface area contributed by atoms with E-state index >= 15 is 0 Å². The van der Waals surface area contributed by atoms with Gasteiger partial charge in [0.15, 0.2) is 24.0 Å². The first-order valence-corrected chi connectivity index (χ1v) is 6.38. The molecule has 0 aliphatic heterocycles. The maximum Gasteiger partial charge on any atom is 0.185 e. The third-order valence-electron chi connectivity index (χ3n) is 2.83. The van der Waals surface area contributed by atoms with Crippen LogP contribution in [0.15, 0.2) is 48.5 Å². The van der Waals surface area contributed by atoms with Crippen LogP contribution in [-0.4, -0.2) is 12.4 Å². The van der Waals surface area contributed by atoms with Gasteiger partial charge in [-0.25, -0.2) is 8.78 Å². The number of carbonyl (C=O) groups is 1. The minimum Gasteiger partial charge on any atom is -0.478 e. The summed E-state index contributed by atoms with van der Waals surface area (Å²) in [6.45, 7) is -0.109. The summed E-state index contributed by atoms with van der Waals surface area (Å²) in [7, 11) is 0. The summed E-state index contributed by atoms with van der Waals surface area (Å²) in [5.74, 6) is -2.08. The highest BCUT2D eigenvalue weighted by atomic mass is 19.2. The number of allylic oxidation sites excluding steroid dienone is 1. The average Bonchev–Trinajstić information content (AvgIpc) is 2.54. The van der Waals surface area contributed by atoms with Gasteiger partial charge in [-0.1, -0.05) is 18.2 Å². The fourth-order valence-corrected chi connectivity index (χ4v) is 1.77. The Bertz CT molecular complexity index is 763. The van der Waals surface area contributed by atoms with Crippen LogP contribution in [0.1, 0.15) is 15.9 Å². The SMILES string of the molecule is N#CCOc1ccccc1/C=C/C(=O)c1ccc(F)c(F)c1. The number of benzene rings is 2. The van der Waals surface area contributed by atoms with Crippen molar-refractivity contribution in [3.05, 3.63) is 71.3 Å². The van der Waals surface area contributed by atoms with Crippen molar-refractivity contribution in [3.63, 3.8) is 0 Å². The van der Waals surface area contributed by atoms with Crippen LogP contribution < -0.4 is 4.74 Å². The highest BCUT2D eigenvalue weighted by Crippen LogP contribution is 2.20. The molecule has 2 aromatic carbocycles. The van der Waals surface area contributed by atoms with Crippen LogP contribution in [0.3, 0.4) is 0 Å². The number of para-hydroxylation sites is 1. The summed E-state index contributed by atoms with van der Waals surface area (Å²) in [6, 6.07) is 11.7. The molecule has 5 heteroatoms. The molecule has 0 radical (unpaired) electrons. The molecule has 0 unspecified atom stereocenters. The lowest BCUT2D eigenvalue weighted by atomic mass is 10.1. The predicted molar refractivity (Wildman–Crippen MR) is 77.3 cm³/mol. The van der Waals surface area contributed by atoms with E-state index in [1.54, 1.807) is 24.3 Å². The number of halogens is 2. The van der Waals surface area contributed by atoms with Crippen molar-refractivity contribution in [3.8, 4) is 11.8 Å². The Morgan fingerprint density at radius 3 is 2.68 bits per heavy atom. The Morgan fingerprint density at radius 2 is 1.95 bits per heavy atom. The molecule has 3 nitrogen and oxygen atoms in total. The van der Waals surface area contributed by atoms with Crippen LogP contribution in [-0.2, 0) is 0 Å². The lowest BCUT2D eigenvalue weighted by molar-refractivity contribution is 0.104. The molecule has 22 heavy (non-hydrogen) atoms. The lowest BCUT2D eigenvalue weighted by Gasteiger charge is -2.05. The van der Waals surface area contributed by atoms with Crippen molar-refractivity contribution in [1.82, 2.24) is 0 Å². The normalized spacial score (nSPS) is 10.4. The topological polar surface area (TPSA) is 50.1 Å². The molecule has 0 spiro atoms. The summed E-state index contributed by atoms with van der Waals surface area (Å²) in [5.41, 5.74) is 0.652. The van der Waals surface area contributed by atoms with Gasteiger partial charge >= 0.3 is 0 Å². The molecule has 0 atom stereocenters. The largest absolute Gasteiger partial charge is 0.478 e.